The molecule has 4 N–H and O–H groups in total. The molecule has 0 aliphatic carbocycles. The lowest BCUT2D eigenvalue weighted by atomic mass is 10.0. The van der Waals surface area contributed by atoms with Crippen LogP contribution in [0.15, 0.2) is 48.6 Å². The van der Waals surface area contributed by atoms with E-state index in [0.29, 0.717) is 6.42 Å². The summed E-state index contributed by atoms with van der Waals surface area (Å²) >= 11 is 0. The van der Waals surface area contributed by atoms with Gasteiger partial charge in [0.1, 0.15) is 0 Å². The van der Waals surface area contributed by atoms with Crippen LogP contribution in [0.3, 0.4) is 0 Å². The Labute approximate surface area is 367 Å². The number of allylic oxidation sites excluding steroid dienone is 7. The number of hydrogen-bond donors (Lipinski definition) is 4. The summed E-state index contributed by atoms with van der Waals surface area (Å²) in [5.41, 5.74) is 0. The summed E-state index contributed by atoms with van der Waals surface area (Å²) < 4.78 is 0. The molecule has 0 aliphatic heterocycles. The van der Waals surface area contributed by atoms with E-state index >= 15 is 0 Å². The number of aliphatic hydroxyl groups excluding tert-OH is 3. The van der Waals surface area contributed by atoms with Crippen molar-refractivity contribution >= 4 is 5.91 Å². The molecule has 1 amide bonds. The maximum Gasteiger partial charge on any atom is 0.222 e. The zero-order chi connectivity index (χ0) is 43.0. The molecule has 59 heavy (non-hydrogen) atoms. The van der Waals surface area contributed by atoms with E-state index in [4.69, 9.17) is 0 Å². The monoisotopic (exact) mass is 828 g/mol. The first kappa shape index (κ1) is 57.3. The van der Waals surface area contributed by atoms with E-state index in [2.05, 4.69) is 55.6 Å². The minimum atomic E-state index is -0.961. The second-order valence-electron chi connectivity index (χ2n) is 17.8. The van der Waals surface area contributed by atoms with Crippen LogP contribution < -0.4 is 5.32 Å². The lowest BCUT2D eigenvalue weighted by Gasteiger charge is -2.21. The molecule has 3 atom stereocenters. The number of amides is 1. The van der Waals surface area contributed by atoms with Gasteiger partial charge in [-0.25, -0.2) is 0 Å². The number of hydrogen-bond acceptors (Lipinski definition) is 4. The minimum absolute atomic E-state index is 0.00133. The third kappa shape index (κ3) is 45.7. The summed E-state index contributed by atoms with van der Waals surface area (Å²) in [4.78, 5) is 12.5. The number of carbonyl (C=O) groups excluding carboxylic acids is 1. The summed E-state index contributed by atoms with van der Waals surface area (Å²) in [6.45, 7) is 4.21. The van der Waals surface area contributed by atoms with E-state index in [9.17, 15) is 20.1 Å². The van der Waals surface area contributed by atoms with Crippen molar-refractivity contribution < 1.29 is 20.1 Å². The van der Waals surface area contributed by atoms with Crippen molar-refractivity contribution in [3.05, 3.63) is 48.6 Å². The maximum absolute atomic E-state index is 12.5. The largest absolute Gasteiger partial charge is 0.394 e. The fourth-order valence-corrected chi connectivity index (χ4v) is 7.84. The Hall–Kier alpha value is -1.69. The quantitative estimate of drug-likeness (QED) is 0.0363. The van der Waals surface area contributed by atoms with Crippen LogP contribution in [-0.4, -0.2) is 46.1 Å². The van der Waals surface area contributed by atoms with Gasteiger partial charge in [0.2, 0.25) is 5.91 Å². The van der Waals surface area contributed by atoms with Gasteiger partial charge in [0.25, 0.3) is 0 Å². The predicted octanol–water partition coefficient (Wildman–Crippen LogP) is 15.7. The molecule has 0 aromatic rings. The molecule has 0 bridgehead atoms. The number of nitrogens with one attached hydrogen (secondary N) is 1. The van der Waals surface area contributed by atoms with Gasteiger partial charge >= 0.3 is 0 Å². The molecule has 0 spiro atoms. The van der Waals surface area contributed by atoms with Crippen LogP contribution in [0.5, 0.6) is 0 Å². The molecule has 0 rings (SSSR count). The Morgan fingerprint density at radius 3 is 1.08 bits per heavy atom. The highest BCUT2D eigenvalue weighted by Crippen LogP contribution is 2.16. The summed E-state index contributed by atoms with van der Waals surface area (Å²) in [5, 5.41) is 33.3. The van der Waals surface area contributed by atoms with Gasteiger partial charge in [-0.3, -0.25) is 4.79 Å². The Bertz CT molecular complexity index is 958. The Balaban J connectivity index is 3.64. The van der Waals surface area contributed by atoms with Crippen molar-refractivity contribution in [3.63, 3.8) is 0 Å². The van der Waals surface area contributed by atoms with Crippen LogP contribution in [-0.2, 0) is 4.79 Å². The van der Waals surface area contributed by atoms with Gasteiger partial charge in [0, 0.05) is 0 Å². The van der Waals surface area contributed by atoms with Crippen LogP contribution in [0.25, 0.3) is 0 Å². The van der Waals surface area contributed by atoms with E-state index < -0.39 is 18.2 Å². The van der Waals surface area contributed by atoms with Gasteiger partial charge in [-0.15, -0.1) is 0 Å². The fourth-order valence-electron chi connectivity index (χ4n) is 7.84. The number of aliphatic hydroxyl groups is 3. The van der Waals surface area contributed by atoms with Crippen LogP contribution >= 0.6 is 0 Å². The van der Waals surface area contributed by atoms with E-state index in [-0.39, 0.29) is 18.9 Å². The molecular weight excluding hydrogens is 727 g/mol. The molecule has 0 radical (unpaired) electrons. The van der Waals surface area contributed by atoms with E-state index in [1.807, 2.05) is 6.08 Å². The highest BCUT2D eigenvalue weighted by Gasteiger charge is 2.20. The molecule has 5 heteroatoms. The number of rotatable bonds is 47. The Kier molecular flexibility index (Phi) is 47.6. The number of unbranched alkanes of at least 4 members (excludes halogenated alkanes) is 32. The van der Waals surface area contributed by atoms with Gasteiger partial charge in [0.15, 0.2) is 0 Å². The molecule has 0 aromatic heterocycles. The SMILES string of the molecule is CCCCCCCCCC/C=C/CC/C=C/CC/C=C/C(O)C(CO)NC(=O)CC(O)CCCCCCCCCCCC/C=C\CCCCCCCCCCCCCC. The van der Waals surface area contributed by atoms with Crippen molar-refractivity contribution in [2.45, 2.75) is 283 Å². The van der Waals surface area contributed by atoms with E-state index in [1.165, 1.54) is 199 Å². The van der Waals surface area contributed by atoms with Gasteiger partial charge in [-0.2, -0.15) is 0 Å². The second kappa shape index (κ2) is 49.0. The molecule has 3 unspecified atom stereocenters. The van der Waals surface area contributed by atoms with Crippen LogP contribution in [0.4, 0.5) is 0 Å². The van der Waals surface area contributed by atoms with Gasteiger partial charge in [0.05, 0.1) is 31.3 Å². The second-order valence-corrected chi connectivity index (χ2v) is 17.8. The van der Waals surface area contributed by atoms with Crippen LogP contribution in [0.2, 0.25) is 0 Å². The van der Waals surface area contributed by atoms with Crippen molar-refractivity contribution in [2.75, 3.05) is 6.61 Å². The first-order chi connectivity index (χ1) is 29.0. The summed E-state index contributed by atoms with van der Waals surface area (Å²) in [6, 6.07) is -0.769. The zero-order valence-electron chi connectivity index (χ0n) is 39.4. The maximum atomic E-state index is 12.5. The molecule has 0 heterocycles. The molecule has 5 nitrogen and oxygen atoms in total. The molecule has 0 aliphatic rings. The highest BCUT2D eigenvalue weighted by molar-refractivity contribution is 5.76. The predicted molar refractivity (Wildman–Crippen MR) is 259 cm³/mol. The third-order valence-electron chi connectivity index (χ3n) is 11.8. The van der Waals surface area contributed by atoms with E-state index in [1.54, 1.807) is 6.08 Å². The topological polar surface area (TPSA) is 89.8 Å². The van der Waals surface area contributed by atoms with Crippen molar-refractivity contribution in [1.82, 2.24) is 5.32 Å². The highest BCUT2D eigenvalue weighted by atomic mass is 16.3. The standard InChI is InChI=1S/C54H101NO4/c1-3-5-7-9-11-13-15-17-19-21-23-24-25-26-27-28-29-30-31-33-35-37-39-41-43-45-47-51(57)49-54(59)55-52(50-56)53(58)48-46-44-42-40-38-36-34-32-22-20-18-16-14-12-10-8-6-4-2/h22,26-27,32,38,40,46,48,51-53,56-58H,3-21,23-25,28-31,33-37,39,41-45,47,49-50H2,1-2H3,(H,55,59)/b27-26-,32-22+,40-38+,48-46+. The van der Waals surface area contributed by atoms with Gasteiger partial charge < -0.3 is 20.6 Å². The Morgan fingerprint density at radius 1 is 0.424 bits per heavy atom. The molecule has 0 aromatic carbocycles. The normalized spacial score (nSPS) is 13.8. The van der Waals surface area contributed by atoms with Crippen molar-refractivity contribution in [3.8, 4) is 0 Å². The molecule has 0 saturated carbocycles. The summed E-state index contributed by atoms with van der Waals surface area (Å²) in [7, 11) is 0. The molecule has 346 valence electrons. The zero-order valence-corrected chi connectivity index (χ0v) is 39.4. The van der Waals surface area contributed by atoms with Crippen LogP contribution in [0.1, 0.15) is 264 Å². The fraction of sp³-hybridized carbons (Fsp3) is 0.833. The smallest absolute Gasteiger partial charge is 0.222 e. The van der Waals surface area contributed by atoms with Crippen molar-refractivity contribution in [2.24, 2.45) is 0 Å². The van der Waals surface area contributed by atoms with Crippen LogP contribution in [0, 0.1) is 0 Å². The summed E-state index contributed by atoms with van der Waals surface area (Å²) in [6.07, 6.45) is 64.2. The van der Waals surface area contributed by atoms with Gasteiger partial charge in [-0.05, 0) is 70.6 Å². The first-order valence-electron chi connectivity index (χ1n) is 25.9. The minimum Gasteiger partial charge on any atom is -0.394 e. The van der Waals surface area contributed by atoms with Gasteiger partial charge in [-0.1, -0.05) is 236 Å². The first-order valence-corrected chi connectivity index (χ1v) is 25.9. The lowest BCUT2D eigenvalue weighted by molar-refractivity contribution is -0.124. The van der Waals surface area contributed by atoms with Crippen molar-refractivity contribution in [1.29, 1.82) is 0 Å². The lowest BCUT2D eigenvalue weighted by Crippen LogP contribution is -2.45. The molecular formula is C54H101NO4. The third-order valence-corrected chi connectivity index (χ3v) is 11.8. The summed E-state index contributed by atoms with van der Waals surface area (Å²) in [5.74, 6) is -0.329. The molecule has 0 saturated heterocycles. The molecule has 0 fully saturated rings. The average molecular weight is 828 g/mol. The Morgan fingerprint density at radius 2 is 0.729 bits per heavy atom. The number of carbonyl (C=O) groups is 1. The van der Waals surface area contributed by atoms with E-state index in [0.717, 1.165) is 38.5 Å². The average Bonchev–Trinajstić information content (AvgIpc) is 3.23.